The van der Waals surface area contributed by atoms with Crippen LogP contribution in [-0.2, 0) is 0 Å². The van der Waals surface area contributed by atoms with E-state index in [0.717, 1.165) is 4.64 Å². The molecule has 2 heterocycles. The predicted octanol–water partition coefficient (Wildman–Crippen LogP) is 2.90. The smallest absolute Gasteiger partial charge is 0.108 e. The van der Waals surface area contributed by atoms with Crippen LogP contribution in [-0.4, -0.2) is 23.5 Å². The Labute approximate surface area is 90.0 Å². The standard InChI is InChI=1S/C11H16N2S/c1-13-8-3-2-6-10(13)9-5-4-7-12-11(9)14/h4-5,7,10H,2-3,6,8H2,1H3,(H,12,14)/t10-/m0/s1. The van der Waals surface area contributed by atoms with Gasteiger partial charge in [-0.2, -0.15) is 0 Å². The number of nitrogens with zero attached hydrogens (tertiary/aromatic N) is 1. The number of piperidine rings is 1. The number of hydrogen-bond donors (Lipinski definition) is 1. The molecule has 1 aromatic rings. The second-order valence-corrected chi connectivity index (χ2v) is 4.36. The first-order chi connectivity index (χ1) is 6.79. The summed E-state index contributed by atoms with van der Waals surface area (Å²) in [6, 6.07) is 4.70. The molecule has 0 amide bonds. The van der Waals surface area contributed by atoms with Crippen molar-refractivity contribution in [3.63, 3.8) is 0 Å². The van der Waals surface area contributed by atoms with Gasteiger partial charge in [-0.05, 0) is 32.5 Å². The van der Waals surface area contributed by atoms with Crippen LogP contribution in [0.1, 0.15) is 30.9 Å². The molecular weight excluding hydrogens is 192 g/mol. The molecule has 1 fully saturated rings. The highest BCUT2D eigenvalue weighted by atomic mass is 32.1. The van der Waals surface area contributed by atoms with Gasteiger partial charge in [0.15, 0.2) is 0 Å². The quantitative estimate of drug-likeness (QED) is 0.716. The zero-order chi connectivity index (χ0) is 9.97. The van der Waals surface area contributed by atoms with Gasteiger partial charge in [-0.1, -0.05) is 24.7 Å². The van der Waals surface area contributed by atoms with E-state index in [2.05, 4.69) is 23.0 Å². The number of nitrogens with one attached hydrogen (secondary N) is 1. The lowest BCUT2D eigenvalue weighted by atomic mass is 9.97. The van der Waals surface area contributed by atoms with Gasteiger partial charge in [0.2, 0.25) is 0 Å². The fourth-order valence-corrected chi connectivity index (χ4v) is 2.44. The van der Waals surface area contributed by atoms with E-state index >= 15 is 0 Å². The summed E-state index contributed by atoms with van der Waals surface area (Å²) in [5.74, 6) is 0. The summed E-state index contributed by atoms with van der Waals surface area (Å²) in [5, 5.41) is 0. The molecule has 1 aromatic heterocycles. The van der Waals surface area contributed by atoms with Crippen molar-refractivity contribution in [1.82, 2.24) is 9.88 Å². The number of hydrogen-bond acceptors (Lipinski definition) is 2. The van der Waals surface area contributed by atoms with E-state index in [0.29, 0.717) is 6.04 Å². The summed E-state index contributed by atoms with van der Waals surface area (Å²) in [5.41, 5.74) is 1.28. The lowest BCUT2D eigenvalue weighted by Gasteiger charge is -2.32. The Balaban J connectivity index is 2.29. The van der Waals surface area contributed by atoms with E-state index in [9.17, 15) is 0 Å². The molecule has 76 valence electrons. The second-order valence-electron chi connectivity index (χ2n) is 3.95. The Kier molecular flexibility index (Phi) is 2.99. The van der Waals surface area contributed by atoms with Gasteiger partial charge in [0.25, 0.3) is 0 Å². The number of H-pyrrole nitrogens is 1. The molecule has 0 saturated carbocycles. The molecule has 1 aliphatic heterocycles. The van der Waals surface area contributed by atoms with Gasteiger partial charge in [-0.3, -0.25) is 4.90 Å². The first-order valence-electron chi connectivity index (χ1n) is 5.17. The largest absolute Gasteiger partial charge is 0.353 e. The van der Waals surface area contributed by atoms with E-state index in [1.165, 1.54) is 31.4 Å². The summed E-state index contributed by atoms with van der Waals surface area (Å²) in [7, 11) is 2.19. The van der Waals surface area contributed by atoms with Gasteiger partial charge in [0.1, 0.15) is 4.64 Å². The lowest BCUT2D eigenvalue weighted by Crippen LogP contribution is -2.29. The minimum atomic E-state index is 0.522. The molecule has 2 nitrogen and oxygen atoms in total. The Morgan fingerprint density at radius 1 is 1.50 bits per heavy atom. The van der Waals surface area contributed by atoms with Crippen molar-refractivity contribution in [2.75, 3.05) is 13.6 Å². The number of likely N-dealkylation sites (tertiary alicyclic amines) is 1. The second kappa shape index (κ2) is 4.24. The molecule has 0 aromatic carbocycles. The summed E-state index contributed by atoms with van der Waals surface area (Å²) in [4.78, 5) is 5.51. The number of rotatable bonds is 1. The van der Waals surface area contributed by atoms with Crippen LogP contribution in [0, 0.1) is 4.64 Å². The van der Waals surface area contributed by atoms with E-state index < -0.39 is 0 Å². The van der Waals surface area contributed by atoms with E-state index in [-0.39, 0.29) is 0 Å². The Morgan fingerprint density at radius 3 is 3.07 bits per heavy atom. The monoisotopic (exact) mass is 208 g/mol. The zero-order valence-corrected chi connectivity index (χ0v) is 9.31. The molecular formula is C11H16N2S. The molecule has 0 spiro atoms. The maximum atomic E-state index is 5.30. The third-order valence-corrected chi connectivity index (χ3v) is 3.33. The molecule has 1 atom stereocenters. The highest BCUT2D eigenvalue weighted by Gasteiger charge is 2.21. The molecule has 3 heteroatoms. The van der Waals surface area contributed by atoms with Gasteiger partial charge in [0, 0.05) is 17.8 Å². The minimum Gasteiger partial charge on any atom is -0.353 e. The van der Waals surface area contributed by atoms with Crippen molar-refractivity contribution in [3.05, 3.63) is 28.5 Å². The Hall–Kier alpha value is -0.670. The van der Waals surface area contributed by atoms with Gasteiger partial charge >= 0.3 is 0 Å². The number of aromatic amines is 1. The van der Waals surface area contributed by atoms with Crippen molar-refractivity contribution >= 4 is 12.2 Å². The molecule has 1 aliphatic rings. The zero-order valence-electron chi connectivity index (χ0n) is 8.49. The third kappa shape index (κ3) is 1.88. The fraction of sp³-hybridized carbons (Fsp3) is 0.545. The summed E-state index contributed by atoms with van der Waals surface area (Å²) in [6.07, 6.45) is 5.77. The molecule has 0 unspecified atom stereocenters. The number of aromatic nitrogens is 1. The summed E-state index contributed by atoms with van der Waals surface area (Å²) >= 11 is 5.30. The molecule has 0 radical (unpaired) electrons. The van der Waals surface area contributed by atoms with E-state index in [4.69, 9.17) is 12.2 Å². The topological polar surface area (TPSA) is 19.0 Å². The summed E-state index contributed by atoms with van der Waals surface area (Å²) in [6.45, 7) is 1.19. The summed E-state index contributed by atoms with van der Waals surface area (Å²) < 4.78 is 0.895. The van der Waals surface area contributed by atoms with Crippen molar-refractivity contribution in [2.24, 2.45) is 0 Å². The van der Waals surface area contributed by atoms with Crippen LogP contribution in [0.25, 0.3) is 0 Å². The number of pyridine rings is 1. The van der Waals surface area contributed by atoms with Crippen LogP contribution in [0.2, 0.25) is 0 Å². The normalized spacial score (nSPS) is 23.6. The average Bonchev–Trinajstić information content (AvgIpc) is 2.20. The van der Waals surface area contributed by atoms with Gasteiger partial charge in [-0.25, -0.2) is 0 Å². The first-order valence-corrected chi connectivity index (χ1v) is 5.57. The molecule has 1 saturated heterocycles. The Morgan fingerprint density at radius 2 is 2.36 bits per heavy atom. The molecule has 0 bridgehead atoms. The SMILES string of the molecule is CN1CCCC[C@H]1c1ccc[nH]c1=S. The van der Waals surface area contributed by atoms with Crippen LogP contribution >= 0.6 is 12.2 Å². The van der Waals surface area contributed by atoms with Gasteiger partial charge < -0.3 is 4.98 Å². The Bertz CT molecular complexity index is 358. The van der Waals surface area contributed by atoms with Crippen molar-refractivity contribution in [3.8, 4) is 0 Å². The minimum absolute atomic E-state index is 0.522. The van der Waals surface area contributed by atoms with Crippen molar-refractivity contribution in [2.45, 2.75) is 25.3 Å². The maximum absolute atomic E-state index is 5.30. The van der Waals surface area contributed by atoms with Crippen molar-refractivity contribution < 1.29 is 0 Å². The predicted molar refractivity (Wildman–Crippen MR) is 60.8 cm³/mol. The first kappa shape index (κ1) is 9.87. The average molecular weight is 208 g/mol. The molecule has 1 N–H and O–H groups in total. The van der Waals surface area contributed by atoms with Crippen LogP contribution in [0.5, 0.6) is 0 Å². The van der Waals surface area contributed by atoms with E-state index in [1.807, 2.05) is 12.3 Å². The molecule has 2 rings (SSSR count). The van der Waals surface area contributed by atoms with Crippen LogP contribution < -0.4 is 0 Å². The van der Waals surface area contributed by atoms with Crippen LogP contribution in [0.4, 0.5) is 0 Å². The van der Waals surface area contributed by atoms with Gasteiger partial charge in [-0.15, -0.1) is 0 Å². The highest BCUT2D eigenvalue weighted by molar-refractivity contribution is 7.71. The molecule has 0 aliphatic carbocycles. The fourth-order valence-electron chi connectivity index (χ4n) is 2.17. The van der Waals surface area contributed by atoms with E-state index in [1.54, 1.807) is 0 Å². The van der Waals surface area contributed by atoms with Crippen molar-refractivity contribution in [1.29, 1.82) is 0 Å². The lowest BCUT2D eigenvalue weighted by molar-refractivity contribution is 0.186. The highest BCUT2D eigenvalue weighted by Crippen LogP contribution is 2.29. The van der Waals surface area contributed by atoms with Crippen LogP contribution in [0.15, 0.2) is 18.3 Å². The molecule has 14 heavy (non-hydrogen) atoms. The van der Waals surface area contributed by atoms with Crippen LogP contribution in [0.3, 0.4) is 0 Å². The maximum Gasteiger partial charge on any atom is 0.108 e. The van der Waals surface area contributed by atoms with Gasteiger partial charge in [0.05, 0.1) is 0 Å². The third-order valence-electron chi connectivity index (χ3n) is 2.98.